The van der Waals surface area contributed by atoms with Gasteiger partial charge in [-0.15, -0.1) is 10.2 Å². The van der Waals surface area contributed by atoms with Gasteiger partial charge in [0.05, 0.1) is 19.2 Å². The number of nitrogens with zero attached hydrogens (tertiary/aromatic N) is 6. The molecular weight excluding hydrogens is 394 g/mol. The number of benzene rings is 1. The quantitative estimate of drug-likeness (QED) is 0.332. The van der Waals surface area contributed by atoms with E-state index in [1.165, 1.54) is 19.3 Å². The van der Waals surface area contributed by atoms with Crippen LogP contribution in [0.1, 0.15) is 38.2 Å². The summed E-state index contributed by atoms with van der Waals surface area (Å²) in [5.41, 5.74) is 9.50. The molecule has 0 bridgehead atoms. The first-order chi connectivity index (χ1) is 15.2. The number of aromatic amines is 1. The Hall–Kier alpha value is -3.69. The van der Waals surface area contributed by atoms with Gasteiger partial charge < -0.3 is 20.4 Å². The summed E-state index contributed by atoms with van der Waals surface area (Å²) >= 11 is 0. The van der Waals surface area contributed by atoms with Gasteiger partial charge in [-0.3, -0.25) is 0 Å². The number of nitrogen functional groups attached to an aromatic ring is 1. The van der Waals surface area contributed by atoms with Gasteiger partial charge in [-0.1, -0.05) is 26.2 Å². The average molecular weight is 422 g/mol. The van der Waals surface area contributed by atoms with E-state index >= 15 is 0 Å². The van der Waals surface area contributed by atoms with Gasteiger partial charge in [0.1, 0.15) is 11.3 Å². The molecule has 0 spiro atoms. The Morgan fingerprint density at radius 2 is 2.06 bits per heavy atom. The molecule has 0 amide bonds. The number of fused-ring (bicyclic) bond motifs is 1. The van der Waals surface area contributed by atoms with Crippen molar-refractivity contribution in [3.8, 4) is 17.1 Å². The van der Waals surface area contributed by atoms with Crippen LogP contribution in [0.2, 0.25) is 0 Å². The zero-order chi connectivity index (χ0) is 21.6. The molecule has 162 valence electrons. The summed E-state index contributed by atoms with van der Waals surface area (Å²) in [5.74, 6) is 2.32. The van der Waals surface area contributed by atoms with Gasteiger partial charge >= 0.3 is 0 Å². The van der Waals surface area contributed by atoms with Crippen molar-refractivity contribution in [2.24, 2.45) is 0 Å². The molecule has 4 aromatic rings. The second-order valence-electron chi connectivity index (χ2n) is 7.36. The minimum atomic E-state index is 0.262. The number of ether oxygens (including phenoxy) is 1. The minimum Gasteiger partial charge on any atom is -0.496 e. The second kappa shape index (κ2) is 9.41. The Morgan fingerprint density at radius 1 is 1.16 bits per heavy atom. The fourth-order valence-corrected chi connectivity index (χ4v) is 3.65. The fraction of sp³-hybridized carbons (Fsp3) is 0.381. The monoisotopic (exact) mass is 421 g/mol. The number of aromatic nitrogens is 7. The van der Waals surface area contributed by atoms with E-state index in [1.807, 2.05) is 30.5 Å². The number of nitrogens with one attached hydrogen (secondary N) is 2. The number of tetrazole rings is 1. The van der Waals surface area contributed by atoms with Crippen molar-refractivity contribution in [1.82, 2.24) is 35.2 Å². The Labute approximate surface area is 180 Å². The molecule has 0 saturated heterocycles. The van der Waals surface area contributed by atoms with Gasteiger partial charge in [-0.25, -0.2) is 4.98 Å². The lowest BCUT2D eigenvalue weighted by Crippen LogP contribution is -2.09. The number of hydrogen-bond donors (Lipinski definition) is 3. The molecule has 0 aliphatic heterocycles. The molecule has 0 aliphatic carbocycles. The molecule has 0 radical (unpaired) electrons. The van der Waals surface area contributed by atoms with E-state index in [2.05, 4.69) is 47.4 Å². The molecular formula is C21H27N9O. The van der Waals surface area contributed by atoms with Crippen LogP contribution >= 0.6 is 0 Å². The summed E-state index contributed by atoms with van der Waals surface area (Å²) in [6, 6.07) is 7.78. The number of anilines is 2. The second-order valence-corrected chi connectivity index (χ2v) is 7.36. The average Bonchev–Trinajstić information content (AvgIpc) is 3.44. The van der Waals surface area contributed by atoms with Gasteiger partial charge in [0.25, 0.3) is 0 Å². The van der Waals surface area contributed by atoms with Crippen LogP contribution in [0, 0.1) is 0 Å². The van der Waals surface area contributed by atoms with Gasteiger partial charge in [-0.2, -0.15) is 10.2 Å². The van der Waals surface area contributed by atoms with Crippen LogP contribution in [0.5, 0.6) is 5.75 Å². The smallest absolute Gasteiger partial charge is 0.222 e. The predicted molar refractivity (Wildman–Crippen MR) is 120 cm³/mol. The summed E-state index contributed by atoms with van der Waals surface area (Å²) in [4.78, 5) is 8.86. The summed E-state index contributed by atoms with van der Waals surface area (Å²) in [7, 11) is 1.66. The summed E-state index contributed by atoms with van der Waals surface area (Å²) < 4.78 is 7.68. The van der Waals surface area contributed by atoms with Crippen LogP contribution in [0.3, 0.4) is 0 Å². The SMILES string of the molecule is CCCCCCNc1nc(N)nc2ccn(Cc3cc(-c4nn[nH]n4)ccc3OC)c12. The third-order valence-electron chi connectivity index (χ3n) is 5.18. The third-order valence-corrected chi connectivity index (χ3v) is 5.18. The van der Waals surface area contributed by atoms with Crippen LogP contribution in [-0.4, -0.2) is 48.8 Å². The van der Waals surface area contributed by atoms with Gasteiger partial charge in [0.15, 0.2) is 5.82 Å². The normalized spacial score (nSPS) is 11.2. The lowest BCUT2D eigenvalue weighted by atomic mass is 10.1. The topological polar surface area (TPSA) is 132 Å². The lowest BCUT2D eigenvalue weighted by Gasteiger charge is -2.14. The molecule has 31 heavy (non-hydrogen) atoms. The number of unbranched alkanes of at least 4 members (excludes halogenated alkanes) is 3. The largest absolute Gasteiger partial charge is 0.496 e. The molecule has 0 atom stereocenters. The van der Waals surface area contributed by atoms with E-state index in [9.17, 15) is 0 Å². The van der Waals surface area contributed by atoms with Gasteiger partial charge in [-0.05, 0) is 35.9 Å². The van der Waals surface area contributed by atoms with E-state index in [0.717, 1.165) is 46.7 Å². The van der Waals surface area contributed by atoms with Gasteiger partial charge in [0, 0.05) is 23.9 Å². The Morgan fingerprint density at radius 3 is 2.84 bits per heavy atom. The number of H-pyrrole nitrogens is 1. The molecule has 0 saturated carbocycles. The molecule has 3 aromatic heterocycles. The number of methoxy groups -OCH3 is 1. The van der Waals surface area contributed by atoms with Crippen molar-refractivity contribution in [3.05, 3.63) is 36.0 Å². The van der Waals surface area contributed by atoms with Crippen molar-refractivity contribution in [3.63, 3.8) is 0 Å². The third kappa shape index (κ3) is 4.57. The molecule has 0 unspecified atom stereocenters. The first kappa shape index (κ1) is 20.6. The first-order valence-electron chi connectivity index (χ1n) is 10.5. The fourth-order valence-electron chi connectivity index (χ4n) is 3.65. The van der Waals surface area contributed by atoms with Crippen molar-refractivity contribution in [2.75, 3.05) is 24.7 Å². The lowest BCUT2D eigenvalue weighted by molar-refractivity contribution is 0.408. The maximum absolute atomic E-state index is 5.94. The number of hydrogen-bond acceptors (Lipinski definition) is 8. The molecule has 0 aliphatic rings. The van der Waals surface area contributed by atoms with Crippen LogP contribution < -0.4 is 15.8 Å². The van der Waals surface area contributed by atoms with Crippen LogP contribution in [0.15, 0.2) is 30.5 Å². The number of nitrogens with two attached hydrogens (primary N) is 1. The first-order valence-corrected chi connectivity index (χ1v) is 10.5. The maximum Gasteiger partial charge on any atom is 0.222 e. The van der Waals surface area contributed by atoms with Crippen molar-refractivity contribution < 1.29 is 4.74 Å². The Kier molecular flexibility index (Phi) is 6.25. The van der Waals surface area contributed by atoms with Crippen molar-refractivity contribution in [2.45, 2.75) is 39.2 Å². The molecule has 1 aromatic carbocycles. The van der Waals surface area contributed by atoms with E-state index in [1.54, 1.807) is 7.11 Å². The zero-order valence-electron chi connectivity index (χ0n) is 17.8. The molecule has 0 fully saturated rings. The van der Waals surface area contributed by atoms with E-state index in [4.69, 9.17) is 10.5 Å². The summed E-state index contributed by atoms with van der Waals surface area (Å²) in [6.45, 7) is 3.61. The zero-order valence-corrected chi connectivity index (χ0v) is 17.8. The van der Waals surface area contributed by atoms with Gasteiger partial charge in [0.2, 0.25) is 11.8 Å². The molecule has 4 N–H and O–H groups in total. The summed E-state index contributed by atoms with van der Waals surface area (Å²) in [5, 5.41) is 17.7. The van der Waals surface area contributed by atoms with Crippen LogP contribution in [0.25, 0.3) is 22.4 Å². The van der Waals surface area contributed by atoms with Crippen LogP contribution in [0.4, 0.5) is 11.8 Å². The molecule has 3 heterocycles. The van der Waals surface area contributed by atoms with E-state index in [0.29, 0.717) is 12.4 Å². The highest BCUT2D eigenvalue weighted by Crippen LogP contribution is 2.28. The van der Waals surface area contributed by atoms with E-state index in [-0.39, 0.29) is 5.95 Å². The summed E-state index contributed by atoms with van der Waals surface area (Å²) in [6.07, 6.45) is 6.70. The maximum atomic E-state index is 5.94. The Bertz CT molecular complexity index is 1140. The van der Waals surface area contributed by atoms with Crippen molar-refractivity contribution in [1.29, 1.82) is 0 Å². The highest BCUT2D eigenvalue weighted by molar-refractivity contribution is 5.87. The molecule has 10 nitrogen and oxygen atoms in total. The highest BCUT2D eigenvalue weighted by Gasteiger charge is 2.14. The number of rotatable bonds is 10. The minimum absolute atomic E-state index is 0.262. The highest BCUT2D eigenvalue weighted by atomic mass is 16.5. The van der Waals surface area contributed by atoms with Crippen molar-refractivity contribution >= 4 is 22.8 Å². The predicted octanol–water partition coefficient (Wildman–Crippen LogP) is 3.24. The molecule has 4 rings (SSSR count). The Balaban J connectivity index is 1.65. The molecule has 10 heteroatoms. The van der Waals surface area contributed by atoms with E-state index < -0.39 is 0 Å². The standard InChI is InChI=1S/C21H27N9O/c1-3-4-5-6-10-23-20-18-16(24-21(22)25-20)9-11-30(18)13-15-12-14(7-8-17(15)31-2)19-26-28-29-27-19/h7-9,11-12H,3-6,10,13H2,1-2H3,(H3,22,23,24,25)(H,26,27,28,29). The van der Waals surface area contributed by atoms with Crippen LogP contribution in [-0.2, 0) is 6.54 Å².